The number of amides is 2. The van der Waals surface area contributed by atoms with Crippen LogP contribution in [0.25, 0.3) is 0 Å². The molecule has 138 valence electrons. The highest BCUT2D eigenvalue weighted by atomic mass is 16.5. The third kappa shape index (κ3) is 4.91. The molecule has 0 aromatic heterocycles. The highest BCUT2D eigenvalue weighted by Gasteiger charge is 2.33. The topological polar surface area (TPSA) is 65.1 Å². The number of carbonyl (C=O) groups is 2. The maximum atomic E-state index is 12.3. The first-order chi connectivity index (χ1) is 11.3. The smallest absolute Gasteiger partial charge is 0.239 e. The molecule has 7 nitrogen and oxygen atoms in total. The zero-order valence-corrected chi connectivity index (χ0v) is 15.5. The number of ether oxygens (including phenoxy) is 1. The van der Waals surface area contributed by atoms with E-state index < -0.39 is 0 Å². The van der Waals surface area contributed by atoms with Gasteiger partial charge in [0.1, 0.15) is 0 Å². The van der Waals surface area contributed by atoms with Gasteiger partial charge >= 0.3 is 0 Å². The maximum absolute atomic E-state index is 12.3. The Bertz CT molecular complexity index is 447. The molecular weight excluding hydrogens is 308 g/mol. The first-order valence-electron chi connectivity index (χ1n) is 8.86. The number of carbonyl (C=O) groups excluding carboxylic acids is 2. The summed E-state index contributed by atoms with van der Waals surface area (Å²) in [6.07, 6.45) is 1.81. The Balaban J connectivity index is 1.81. The quantitative estimate of drug-likeness (QED) is 0.723. The SMILES string of the molecule is CN(C)C(=O)C1CCCN1CC(=O)NCC(C)(C)N1CCOCC1. The Morgan fingerprint density at radius 3 is 2.50 bits per heavy atom. The van der Waals surface area contributed by atoms with Crippen LogP contribution in [-0.4, -0.2) is 98.1 Å². The molecule has 2 rings (SSSR count). The monoisotopic (exact) mass is 340 g/mol. The molecule has 0 saturated carbocycles. The van der Waals surface area contributed by atoms with E-state index in [0.29, 0.717) is 13.1 Å². The van der Waals surface area contributed by atoms with Crippen LogP contribution >= 0.6 is 0 Å². The molecule has 0 spiro atoms. The number of hydrogen-bond acceptors (Lipinski definition) is 5. The largest absolute Gasteiger partial charge is 0.379 e. The molecule has 24 heavy (non-hydrogen) atoms. The Morgan fingerprint density at radius 1 is 1.21 bits per heavy atom. The predicted octanol–water partition coefficient (Wildman–Crippen LogP) is -0.234. The van der Waals surface area contributed by atoms with Gasteiger partial charge in [0, 0.05) is 39.3 Å². The fourth-order valence-corrected chi connectivity index (χ4v) is 3.43. The first kappa shape index (κ1) is 19.1. The minimum Gasteiger partial charge on any atom is -0.379 e. The van der Waals surface area contributed by atoms with Gasteiger partial charge in [-0.25, -0.2) is 0 Å². The number of nitrogens with zero attached hydrogens (tertiary/aromatic N) is 3. The van der Waals surface area contributed by atoms with Gasteiger partial charge in [0.05, 0.1) is 25.8 Å². The Kier molecular flexibility index (Phi) is 6.60. The average molecular weight is 340 g/mol. The Morgan fingerprint density at radius 2 is 1.88 bits per heavy atom. The second-order valence-electron chi connectivity index (χ2n) is 7.55. The summed E-state index contributed by atoms with van der Waals surface area (Å²) in [6.45, 7) is 9.29. The second kappa shape index (κ2) is 8.27. The molecule has 2 aliphatic rings. The fourth-order valence-electron chi connectivity index (χ4n) is 3.43. The van der Waals surface area contributed by atoms with Crippen molar-refractivity contribution in [2.24, 2.45) is 0 Å². The molecule has 0 aromatic carbocycles. The van der Waals surface area contributed by atoms with Crippen LogP contribution in [0.5, 0.6) is 0 Å². The van der Waals surface area contributed by atoms with Gasteiger partial charge in [-0.3, -0.25) is 19.4 Å². The normalized spacial score (nSPS) is 23.2. The second-order valence-corrected chi connectivity index (χ2v) is 7.55. The van der Waals surface area contributed by atoms with Crippen LogP contribution in [0, 0.1) is 0 Å². The van der Waals surface area contributed by atoms with Crippen molar-refractivity contribution in [3.63, 3.8) is 0 Å². The van der Waals surface area contributed by atoms with Crippen LogP contribution in [-0.2, 0) is 14.3 Å². The van der Waals surface area contributed by atoms with Crippen LogP contribution in [0.4, 0.5) is 0 Å². The molecule has 0 aliphatic carbocycles. The Labute approximate surface area is 145 Å². The van der Waals surface area contributed by atoms with Gasteiger partial charge in [-0.05, 0) is 33.2 Å². The first-order valence-corrected chi connectivity index (χ1v) is 8.86. The van der Waals surface area contributed by atoms with Crippen molar-refractivity contribution in [3.8, 4) is 0 Å². The average Bonchev–Trinajstić information content (AvgIpc) is 3.01. The molecule has 1 unspecified atom stereocenters. The van der Waals surface area contributed by atoms with E-state index in [1.807, 2.05) is 4.90 Å². The summed E-state index contributed by atoms with van der Waals surface area (Å²) < 4.78 is 5.39. The van der Waals surface area contributed by atoms with E-state index in [4.69, 9.17) is 4.74 Å². The van der Waals surface area contributed by atoms with Gasteiger partial charge in [-0.2, -0.15) is 0 Å². The summed E-state index contributed by atoms with van der Waals surface area (Å²) in [5, 5.41) is 3.05. The van der Waals surface area contributed by atoms with E-state index in [1.54, 1.807) is 19.0 Å². The number of hydrogen-bond donors (Lipinski definition) is 1. The molecule has 7 heteroatoms. The van der Waals surface area contributed by atoms with Crippen LogP contribution in [0.2, 0.25) is 0 Å². The minimum absolute atomic E-state index is 0.00482. The van der Waals surface area contributed by atoms with Gasteiger partial charge in [0.15, 0.2) is 0 Å². The fraction of sp³-hybridized carbons (Fsp3) is 0.882. The zero-order valence-electron chi connectivity index (χ0n) is 15.5. The van der Waals surface area contributed by atoms with Crippen molar-refractivity contribution in [2.45, 2.75) is 38.3 Å². The number of likely N-dealkylation sites (N-methyl/N-ethyl adjacent to an activating group) is 1. The van der Waals surface area contributed by atoms with Crippen LogP contribution < -0.4 is 5.32 Å². The van der Waals surface area contributed by atoms with E-state index in [1.165, 1.54) is 0 Å². The molecule has 0 radical (unpaired) electrons. The molecule has 2 aliphatic heterocycles. The third-order valence-corrected chi connectivity index (χ3v) is 5.02. The standard InChI is InChI=1S/C17H32N4O3/c1-17(2,21-8-10-24-11-9-21)13-18-15(22)12-20-7-5-6-14(20)16(23)19(3)4/h14H,5-13H2,1-4H3,(H,18,22). The molecule has 1 atom stereocenters. The molecule has 0 aromatic rings. The van der Waals surface area contributed by atoms with E-state index in [9.17, 15) is 9.59 Å². The van der Waals surface area contributed by atoms with Crippen LogP contribution in [0.1, 0.15) is 26.7 Å². The van der Waals surface area contributed by atoms with Crippen LogP contribution in [0.3, 0.4) is 0 Å². The highest BCUT2D eigenvalue weighted by molar-refractivity contribution is 5.83. The summed E-state index contributed by atoms with van der Waals surface area (Å²) in [6, 6.07) is -0.155. The lowest BCUT2D eigenvalue weighted by atomic mass is 10.0. The van der Waals surface area contributed by atoms with Crippen molar-refractivity contribution in [1.82, 2.24) is 20.0 Å². The maximum Gasteiger partial charge on any atom is 0.239 e. The lowest BCUT2D eigenvalue weighted by Crippen LogP contribution is -2.56. The van der Waals surface area contributed by atoms with Crippen molar-refractivity contribution in [2.75, 3.05) is 60.0 Å². The number of nitrogens with one attached hydrogen (secondary N) is 1. The van der Waals surface area contributed by atoms with Gasteiger partial charge in [-0.1, -0.05) is 0 Å². The van der Waals surface area contributed by atoms with Gasteiger partial charge < -0.3 is 15.0 Å². The molecule has 2 amide bonds. The third-order valence-electron chi connectivity index (χ3n) is 5.02. The van der Waals surface area contributed by atoms with Gasteiger partial charge in [0.25, 0.3) is 0 Å². The number of morpholine rings is 1. The predicted molar refractivity (Wildman–Crippen MR) is 92.8 cm³/mol. The summed E-state index contributed by atoms with van der Waals surface area (Å²) in [4.78, 5) is 30.5. The van der Waals surface area contributed by atoms with Crippen molar-refractivity contribution >= 4 is 11.8 Å². The van der Waals surface area contributed by atoms with Gasteiger partial charge in [-0.15, -0.1) is 0 Å². The molecule has 2 heterocycles. The van der Waals surface area contributed by atoms with Crippen molar-refractivity contribution in [1.29, 1.82) is 0 Å². The van der Waals surface area contributed by atoms with Crippen molar-refractivity contribution in [3.05, 3.63) is 0 Å². The molecular formula is C17H32N4O3. The minimum atomic E-state index is -0.155. The number of likely N-dealkylation sites (tertiary alicyclic amines) is 1. The molecule has 2 fully saturated rings. The van der Waals surface area contributed by atoms with E-state index in [0.717, 1.165) is 45.7 Å². The summed E-state index contributed by atoms with van der Waals surface area (Å²) in [7, 11) is 3.54. The number of rotatable bonds is 6. The highest BCUT2D eigenvalue weighted by Crippen LogP contribution is 2.18. The lowest BCUT2D eigenvalue weighted by molar-refractivity contribution is -0.134. The van der Waals surface area contributed by atoms with Gasteiger partial charge in [0.2, 0.25) is 11.8 Å². The zero-order chi connectivity index (χ0) is 17.7. The van der Waals surface area contributed by atoms with E-state index in [2.05, 4.69) is 24.1 Å². The summed E-state index contributed by atoms with van der Waals surface area (Å²) in [5.41, 5.74) is -0.0939. The lowest BCUT2D eigenvalue weighted by Gasteiger charge is -2.41. The molecule has 2 saturated heterocycles. The molecule has 0 bridgehead atoms. The van der Waals surface area contributed by atoms with E-state index >= 15 is 0 Å². The van der Waals surface area contributed by atoms with Crippen LogP contribution in [0.15, 0.2) is 0 Å². The van der Waals surface area contributed by atoms with Crippen molar-refractivity contribution < 1.29 is 14.3 Å². The Hall–Kier alpha value is -1.18. The van der Waals surface area contributed by atoms with E-state index in [-0.39, 0.29) is 23.4 Å². The summed E-state index contributed by atoms with van der Waals surface area (Å²) in [5.74, 6) is 0.0868. The summed E-state index contributed by atoms with van der Waals surface area (Å²) >= 11 is 0. The molecule has 1 N–H and O–H groups in total.